The smallest absolute Gasteiger partial charge is 0.109 e. The summed E-state index contributed by atoms with van der Waals surface area (Å²) in [5.74, 6) is 1.39. The molecule has 1 heterocycles. The van der Waals surface area contributed by atoms with E-state index in [1.807, 2.05) is 0 Å². The molecule has 1 saturated carbocycles. The van der Waals surface area contributed by atoms with E-state index in [0.717, 1.165) is 25.7 Å². The molecule has 17 heavy (non-hydrogen) atoms. The molecule has 3 nitrogen and oxygen atoms in total. The van der Waals surface area contributed by atoms with Gasteiger partial charge in [0.2, 0.25) is 0 Å². The third kappa shape index (κ3) is 2.09. The Morgan fingerprint density at radius 1 is 1.29 bits per heavy atom. The highest BCUT2D eigenvalue weighted by Gasteiger charge is 2.54. The number of nitrogens with zero attached hydrogens (tertiary/aromatic N) is 1. The van der Waals surface area contributed by atoms with Crippen molar-refractivity contribution >= 4 is 0 Å². The first-order chi connectivity index (χ1) is 8.03. The van der Waals surface area contributed by atoms with Crippen LogP contribution >= 0.6 is 0 Å². The van der Waals surface area contributed by atoms with Gasteiger partial charge >= 0.3 is 0 Å². The molecule has 1 saturated heterocycles. The molecule has 0 aromatic carbocycles. The average molecular weight is 237 g/mol. The van der Waals surface area contributed by atoms with Crippen molar-refractivity contribution in [2.45, 2.75) is 51.6 Å². The number of hydrogen-bond donors (Lipinski definition) is 1. The third-order valence-corrected chi connectivity index (χ3v) is 4.93. The van der Waals surface area contributed by atoms with Crippen molar-refractivity contribution in [2.75, 3.05) is 13.2 Å². The van der Waals surface area contributed by atoms with Gasteiger partial charge in [0, 0.05) is 13.0 Å². The Morgan fingerprint density at radius 3 is 2.35 bits per heavy atom. The predicted molar refractivity (Wildman–Crippen MR) is 65.2 cm³/mol. The van der Waals surface area contributed by atoms with Crippen LogP contribution in [0.1, 0.15) is 46.0 Å². The summed E-state index contributed by atoms with van der Waals surface area (Å²) in [6.07, 6.45) is 4.40. The summed E-state index contributed by atoms with van der Waals surface area (Å²) in [5, 5.41) is 20.2. The van der Waals surface area contributed by atoms with Crippen LogP contribution in [-0.2, 0) is 4.74 Å². The lowest BCUT2D eigenvalue weighted by Gasteiger charge is -2.44. The van der Waals surface area contributed by atoms with Crippen LogP contribution in [0.25, 0.3) is 0 Å². The summed E-state index contributed by atoms with van der Waals surface area (Å²) in [7, 11) is 0. The van der Waals surface area contributed by atoms with Gasteiger partial charge in [-0.25, -0.2) is 0 Å². The largest absolute Gasteiger partial charge is 0.386 e. The lowest BCUT2D eigenvalue weighted by atomic mass is 9.60. The van der Waals surface area contributed by atoms with Gasteiger partial charge < -0.3 is 9.84 Å². The van der Waals surface area contributed by atoms with Gasteiger partial charge in [-0.3, -0.25) is 0 Å². The van der Waals surface area contributed by atoms with Crippen LogP contribution in [0, 0.1) is 28.6 Å². The fraction of sp³-hybridized carbons (Fsp3) is 0.929. The van der Waals surface area contributed by atoms with E-state index in [-0.39, 0.29) is 0 Å². The highest BCUT2D eigenvalue weighted by atomic mass is 16.5. The number of aliphatic hydroxyl groups is 1. The summed E-state index contributed by atoms with van der Waals surface area (Å²) < 4.78 is 5.31. The van der Waals surface area contributed by atoms with Gasteiger partial charge in [-0.05, 0) is 37.5 Å². The van der Waals surface area contributed by atoms with E-state index in [9.17, 15) is 10.4 Å². The van der Waals surface area contributed by atoms with Crippen molar-refractivity contribution < 1.29 is 9.84 Å². The highest BCUT2D eigenvalue weighted by molar-refractivity contribution is 5.14. The summed E-state index contributed by atoms with van der Waals surface area (Å²) in [6.45, 7) is 5.43. The number of hydrogen-bond acceptors (Lipinski definition) is 3. The molecule has 1 atom stereocenters. The normalized spacial score (nSPS) is 42.6. The quantitative estimate of drug-likeness (QED) is 0.802. The molecule has 3 heteroatoms. The van der Waals surface area contributed by atoms with Crippen LogP contribution < -0.4 is 0 Å². The van der Waals surface area contributed by atoms with Gasteiger partial charge in [0.25, 0.3) is 0 Å². The third-order valence-electron chi connectivity index (χ3n) is 4.93. The summed E-state index contributed by atoms with van der Waals surface area (Å²) in [4.78, 5) is 0. The minimum absolute atomic E-state index is 0.340. The molecule has 1 aliphatic carbocycles. The van der Waals surface area contributed by atoms with Gasteiger partial charge in [-0.2, -0.15) is 5.26 Å². The second-order valence-corrected chi connectivity index (χ2v) is 6.11. The average Bonchev–Trinajstić information content (AvgIpc) is 2.77. The molecule has 1 unspecified atom stereocenters. The Morgan fingerprint density at radius 2 is 1.94 bits per heavy atom. The van der Waals surface area contributed by atoms with Gasteiger partial charge in [0.15, 0.2) is 0 Å². The van der Waals surface area contributed by atoms with E-state index < -0.39 is 11.0 Å². The molecule has 0 aromatic rings. The van der Waals surface area contributed by atoms with Crippen molar-refractivity contribution in [1.82, 2.24) is 0 Å². The number of rotatable bonds is 2. The second-order valence-electron chi connectivity index (χ2n) is 6.11. The maximum atomic E-state index is 10.6. The van der Waals surface area contributed by atoms with Crippen LogP contribution in [0.2, 0.25) is 0 Å². The zero-order chi connectivity index (χ0) is 12.5. The van der Waals surface area contributed by atoms with Gasteiger partial charge in [-0.1, -0.05) is 13.8 Å². The Balaban J connectivity index is 2.11. The molecule has 0 spiro atoms. The molecular formula is C14H23NO2. The van der Waals surface area contributed by atoms with Crippen molar-refractivity contribution in [1.29, 1.82) is 5.26 Å². The number of ether oxygens (including phenoxy) is 1. The second kappa shape index (κ2) is 4.59. The molecule has 0 radical (unpaired) electrons. The first-order valence-corrected chi connectivity index (χ1v) is 6.74. The Hall–Kier alpha value is -0.590. The first-order valence-electron chi connectivity index (χ1n) is 6.74. The van der Waals surface area contributed by atoms with Crippen LogP contribution in [0.3, 0.4) is 0 Å². The van der Waals surface area contributed by atoms with E-state index in [4.69, 9.17) is 4.74 Å². The lowest BCUT2D eigenvalue weighted by molar-refractivity contribution is -0.0818. The monoisotopic (exact) mass is 237 g/mol. The van der Waals surface area contributed by atoms with E-state index in [0.29, 0.717) is 31.5 Å². The maximum absolute atomic E-state index is 10.6. The topological polar surface area (TPSA) is 53.2 Å². The molecule has 2 rings (SSSR count). The lowest BCUT2D eigenvalue weighted by Crippen LogP contribution is -2.50. The highest BCUT2D eigenvalue weighted by Crippen LogP contribution is 2.50. The summed E-state index contributed by atoms with van der Waals surface area (Å²) in [5.41, 5.74) is -1.46. The van der Waals surface area contributed by atoms with Crippen LogP contribution in [0.15, 0.2) is 0 Å². The van der Waals surface area contributed by atoms with E-state index in [1.165, 1.54) is 0 Å². The molecule has 96 valence electrons. The zero-order valence-electron chi connectivity index (χ0n) is 10.9. The van der Waals surface area contributed by atoms with Crippen molar-refractivity contribution in [3.8, 4) is 6.07 Å². The summed E-state index contributed by atoms with van der Waals surface area (Å²) >= 11 is 0. The molecule has 0 amide bonds. The predicted octanol–water partition coefficient (Wildman–Crippen LogP) is 2.49. The van der Waals surface area contributed by atoms with E-state index >= 15 is 0 Å². The minimum Gasteiger partial charge on any atom is -0.386 e. The number of nitriles is 1. The van der Waals surface area contributed by atoms with E-state index in [1.54, 1.807) is 0 Å². The fourth-order valence-electron chi connectivity index (χ4n) is 3.41. The van der Waals surface area contributed by atoms with Crippen molar-refractivity contribution in [3.63, 3.8) is 0 Å². The van der Waals surface area contributed by atoms with Crippen LogP contribution in [-0.4, -0.2) is 23.9 Å². The van der Waals surface area contributed by atoms with Gasteiger partial charge in [0.1, 0.15) is 5.60 Å². The first kappa shape index (κ1) is 12.9. The molecule has 0 bridgehead atoms. The molecule has 2 aliphatic rings. The molecular weight excluding hydrogens is 214 g/mol. The van der Waals surface area contributed by atoms with Crippen LogP contribution in [0.5, 0.6) is 0 Å². The van der Waals surface area contributed by atoms with E-state index in [2.05, 4.69) is 19.9 Å². The SMILES string of the molecule is CC(C)C1CCC(C#N)(C2(O)CCOC2)CC1. The Kier molecular flexibility index (Phi) is 3.47. The van der Waals surface area contributed by atoms with Crippen LogP contribution in [0.4, 0.5) is 0 Å². The summed E-state index contributed by atoms with van der Waals surface area (Å²) in [6, 6.07) is 2.43. The minimum atomic E-state index is -0.899. The maximum Gasteiger partial charge on any atom is 0.109 e. The molecule has 0 aromatic heterocycles. The Labute approximate surface area is 104 Å². The van der Waals surface area contributed by atoms with Crippen molar-refractivity contribution in [2.24, 2.45) is 17.3 Å². The Bertz CT molecular complexity index is 305. The van der Waals surface area contributed by atoms with Gasteiger partial charge in [0.05, 0.1) is 18.1 Å². The fourth-order valence-corrected chi connectivity index (χ4v) is 3.41. The van der Waals surface area contributed by atoms with Gasteiger partial charge in [-0.15, -0.1) is 0 Å². The molecule has 2 fully saturated rings. The van der Waals surface area contributed by atoms with Crippen molar-refractivity contribution in [3.05, 3.63) is 0 Å². The standard InChI is InChI=1S/C14H23NO2/c1-11(2)12-3-5-13(9-15,6-4-12)14(16)7-8-17-10-14/h11-12,16H,3-8,10H2,1-2H3. The molecule has 1 aliphatic heterocycles. The zero-order valence-corrected chi connectivity index (χ0v) is 10.9. The molecule has 1 N–H and O–H groups in total.